The van der Waals surface area contributed by atoms with Crippen LogP contribution < -0.4 is 14.2 Å². The molecule has 3 rings (SSSR count). The number of nitrogens with one attached hydrogen (secondary N) is 1. The fraction of sp³-hybridized carbons (Fsp3) is 0.400. The van der Waals surface area contributed by atoms with E-state index in [4.69, 9.17) is 13.9 Å². The Hall–Kier alpha value is -2.85. The topological polar surface area (TPSA) is 108 Å². The van der Waals surface area contributed by atoms with Crippen molar-refractivity contribution in [3.8, 4) is 23.0 Å². The molecule has 162 valence electrons. The highest BCUT2D eigenvalue weighted by Gasteiger charge is 2.31. The van der Waals surface area contributed by atoms with E-state index < -0.39 is 16.1 Å². The smallest absolute Gasteiger partial charge is 0.250 e. The Morgan fingerprint density at radius 3 is 2.30 bits per heavy atom. The summed E-state index contributed by atoms with van der Waals surface area (Å²) in [5, 5.41) is 7.88. The summed E-state index contributed by atoms with van der Waals surface area (Å²) in [7, 11) is 0.964. The molecule has 0 aliphatic rings. The number of aryl methyl sites for hydroxylation is 1. The van der Waals surface area contributed by atoms with Crippen molar-refractivity contribution in [2.24, 2.45) is 7.05 Å². The van der Waals surface area contributed by atoms with Crippen LogP contribution in [0.2, 0.25) is 0 Å². The van der Waals surface area contributed by atoms with E-state index in [0.29, 0.717) is 28.6 Å². The maximum Gasteiger partial charge on any atom is 0.250 e. The predicted molar refractivity (Wildman–Crippen MR) is 111 cm³/mol. The summed E-state index contributed by atoms with van der Waals surface area (Å²) >= 11 is 0. The number of rotatable bonds is 7. The summed E-state index contributed by atoms with van der Waals surface area (Å²) in [6.07, 6.45) is 0. The quantitative estimate of drug-likeness (QED) is 0.609. The van der Waals surface area contributed by atoms with E-state index in [2.05, 4.69) is 14.9 Å². The lowest BCUT2D eigenvalue weighted by Gasteiger charge is -2.17. The van der Waals surface area contributed by atoms with Crippen molar-refractivity contribution in [2.45, 2.75) is 38.6 Å². The van der Waals surface area contributed by atoms with Gasteiger partial charge >= 0.3 is 0 Å². The van der Waals surface area contributed by atoms with Gasteiger partial charge in [-0.05, 0) is 38.5 Å². The molecule has 1 atom stereocenters. The van der Waals surface area contributed by atoms with Gasteiger partial charge in [0.2, 0.25) is 15.9 Å². The molecule has 0 aliphatic heterocycles. The minimum absolute atomic E-state index is 0.124. The third-order valence-corrected chi connectivity index (χ3v) is 6.87. The maximum absolute atomic E-state index is 13.4. The molecule has 0 spiro atoms. The molecule has 0 radical (unpaired) electrons. The minimum atomic E-state index is -3.92. The number of aromatic nitrogens is 3. The number of hydrogen-bond donors (Lipinski definition) is 1. The van der Waals surface area contributed by atoms with Crippen LogP contribution in [-0.2, 0) is 17.1 Å². The lowest BCUT2D eigenvalue weighted by molar-refractivity contribution is 0.354. The Labute approximate surface area is 176 Å². The van der Waals surface area contributed by atoms with Gasteiger partial charge in [-0.2, -0.15) is 0 Å². The highest BCUT2D eigenvalue weighted by atomic mass is 32.2. The van der Waals surface area contributed by atoms with Crippen molar-refractivity contribution < 1.29 is 22.3 Å². The summed E-state index contributed by atoms with van der Waals surface area (Å²) in [6.45, 7) is 6.99. The molecular weight excluding hydrogens is 408 g/mol. The Morgan fingerprint density at radius 2 is 1.73 bits per heavy atom. The van der Waals surface area contributed by atoms with Gasteiger partial charge in [-0.1, -0.05) is 6.07 Å². The molecule has 30 heavy (non-hydrogen) atoms. The van der Waals surface area contributed by atoms with E-state index >= 15 is 0 Å². The first-order valence-corrected chi connectivity index (χ1v) is 10.8. The van der Waals surface area contributed by atoms with Crippen molar-refractivity contribution in [1.29, 1.82) is 0 Å². The van der Waals surface area contributed by atoms with E-state index in [1.54, 1.807) is 57.7 Å². The number of nitrogens with zero attached hydrogens (tertiary/aromatic N) is 3. The van der Waals surface area contributed by atoms with Crippen LogP contribution >= 0.6 is 0 Å². The van der Waals surface area contributed by atoms with E-state index in [-0.39, 0.29) is 10.8 Å². The van der Waals surface area contributed by atoms with Crippen molar-refractivity contribution in [2.75, 3.05) is 14.2 Å². The third-order valence-electron chi connectivity index (χ3n) is 5.17. The zero-order valence-electron chi connectivity index (χ0n) is 18.1. The number of hydrogen-bond acceptors (Lipinski definition) is 7. The van der Waals surface area contributed by atoms with Gasteiger partial charge in [-0.15, -0.1) is 10.2 Å². The van der Waals surface area contributed by atoms with Crippen LogP contribution in [0, 0.1) is 20.8 Å². The maximum atomic E-state index is 13.4. The van der Waals surface area contributed by atoms with Gasteiger partial charge < -0.3 is 18.5 Å². The van der Waals surface area contributed by atoms with E-state index in [0.717, 1.165) is 11.3 Å². The normalized spacial score (nSPS) is 12.8. The Bertz CT molecular complexity index is 1180. The highest BCUT2D eigenvalue weighted by molar-refractivity contribution is 7.89. The third kappa shape index (κ3) is 3.80. The fourth-order valence-corrected chi connectivity index (χ4v) is 5.13. The zero-order chi connectivity index (χ0) is 22.2. The number of benzene rings is 1. The van der Waals surface area contributed by atoms with Crippen molar-refractivity contribution in [1.82, 2.24) is 19.5 Å². The fourth-order valence-electron chi connectivity index (χ4n) is 3.38. The number of methoxy groups -OCH3 is 2. The second kappa shape index (κ2) is 8.11. The van der Waals surface area contributed by atoms with E-state index in [1.807, 2.05) is 6.92 Å². The minimum Gasteiger partial charge on any atom is -0.493 e. The summed E-state index contributed by atoms with van der Waals surface area (Å²) in [5.74, 6) is 1.63. The molecule has 1 N–H and O–H groups in total. The first kappa shape index (κ1) is 21.8. The summed E-state index contributed by atoms with van der Waals surface area (Å²) < 4.78 is 47.5. The summed E-state index contributed by atoms with van der Waals surface area (Å²) in [6, 6.07) is 4.76. The molecular formula is C20H26N4O5S. The van der Waals surface area contributed by atoms with Gasteiger partial charge in [0.1, 0.15) is 4.90 Å². The average molecular weight is 435 g/mol. The van der Waals surface area contributed by atoms with Gasteiger partial charge in [0, 0.05) is 31.4 Å². The lowest BCUT2D eigenvalue weighted by atomic mass is 10.1. The average Bonchev–Trinajstić information content (AvgIpc) is 3.23. The van der Waals surface area contributed by atoms with Crippen molar-refractivity contribution in [3.63, 3.8) is 0 Å². The van der Waals surface area contributed by atoms with Crippen LogP contribution in [0.25, 0.3) is 11.5 Å². The molecule has 0 bridgehead atoms. The molecule has 0 fully saturated rings. The molecule has 1 aromatic carbocycles. The SMILES string of the molecule is COc1ccc(C(C)NS(=O)(=O)c2c(-c3nnc(C)o3)c(C)n(C)c2C)cc1OC. The predicted octanol–water partition coefficient (Wildman–Crippen LogP) is 3.06. The molecule has 10 heteroatoms. The van der Waals surface area contributed by atoms with Crippen molar-refractivity contribution >= 4 is 10.0 Å². The van der Waals surface area contributed by atoms with Crippen LogP contribution in [0.15, 0.2) is 27.5 Å². The molecule has 9 nitrogen and oxygen atoms in total. The molecule has 1 unspecified atom stereocenters. The second-order valence-corrected chi connectivity index (χ2v) is 8.67. The lowest BCUT2D eigenvalue weighted by Crippen LogP contribution is -2.27. The van der Waals surface area contributed by atoms with Crippen LogP contribution in [0.4, 0.5) is 0 Å². The van der Waals surface area contributed by atoms with Crippen LogP contribution in [-0.4, -0.2) is 37.4 Å². The first-order chi connectivity index (χ1) is 14.1. The van der Waals surface area contributed by atoms with E-state index in [1.165, 1.54) is 7.11 Å². The molecule has 2 aromatic heterocycles. The van der Waals surface area contributed by atoms with Crippen LogP contribution in [0.1, 0.15) is 35.8 Å². The number of ether oxygens (including phenoxy) is 2. The standard InChI is InChI=1S/C20H26N4O5S/c1-11(15-8-9-16(27-6)17(10-15)28-7)23-30(25,26)19-13(3)24(5)12(2)18(19)20-22-21-14(4)29-20/h8-11,23H,1-7H3. The molecule has 0 aliphatic carbocycles. The highest BCUT2D eigenvalue weighted by Crippen LogP contribution is 2.36. The number of sulfonamides is 1. The Kier molecular flexibility index (Phi) is 5.91. The summed E-state index contributed by atoms with van der Waals surface area (Å²) in [4.78, 5) is 0.124. The second-order valence-electron chi connectivity index (χ2n) is 7.02. The molecule has 2 heterocycles. The molecule has 3 aromatic rings. The van der Waals surface area contributed by atoms with Crippen molar-refractivity contribution in [3.05, 3.63) is 41.0 Å². The van der Waals surface area contributed by atoms with Gasteiger partial charge in [0.05, 0.1) is 19.8 Å². The zero-order valence-corrected chi connectivity index (χ0v) is 18.9. The van der Waals surface area contributed by atoms with E-state index in [9.17, 15) is 8.42 Å². The summed E-state index contributed by atoms with van der Waals surface area (Å²) in [5.41, 5.74) is 2.43. The van der Waals surface area contributed by atoms with Gasteiger partial charge in [-0.25, -0.2) is 13.1 Å². The van der Waals surface area contributed by atoms with Gasteiger partial charge in [0.15, 0.2) is 11.5 Å². The van der Waals surface area contributed by atoms with Crippen LogP contribution in [0.5, 0.6) is 11.5 Å². The molecule has 0 saturated carbocycles. The largest absolute Gasteiger partial charge is 0.493 e. The van der Waals surface area contributed by atoms with Gasteiger partial charge in [-0.3, -0.25) is 0 Å². The molecule has 0 saturated heterocycles. The van der Waals surface area contributed by atoms with Gasteiger partial charge in [0.25, 0.3) is 5.89 Å². The molecule has 0 amide bonds. The Morgan fingerprint density at radius 1 is 1.07 bits per heavy atom. The van der Waals surface area contributed by atoms with Crippen LogP contribution in [0.3, 0.4) is 0 Å². The Balaban J connectivity index is 2.03. The monoisotopic (exact) mass is 434 g/mol. The first-order valence-electron chi connectivity index (χ1n) is 9.31.